The Balaban J connectivity index is 1.85. The number of anilines is 1. The maximum absolute atomic E-state index is 12.5. The number of rotatable bonds is 2. The molecule has 0 aliphatic carbocycles. The number of carbonyl (C=O) groups is 1. The third-order valence-electron chi connectivity index (χ3n) is 4.22. The first-order valence-electron chi connectivity index (χ1n) is 7.48. The van der Waals surface area contributed by atoms with Gasteiger partial charge in [0.2, 0.25) is 0 Å². The smallest absolute Gasteiger partial charge is 0.324 e. The number of aliphatic imine (C=N–C) groups is 1. The molecule has 2 aromatic rings. The predicted octanol–water partition coefficient (Wildman–Crippen LogP) is 2.49. The second kappa shape index (κ2) is 4.69. The number of amidine groups is 1. The van der Waals surface area contributed by atoms with E-state index in [0.717, 1.165) is 29.3 Å². The fourth-order valence-corrected chi connectivity index (χ4v) is 2.93. The van der Waals surface area contributed by atoms with Gasteiger partial charge in [-0.15, -0.1) is 0 Å². The minimum Gasteiger partial charge on any atom is -0.324 e. The molecule has 1 aromatic carbocycles. The molecule has 0 fully saturated rings. The van der Waals surface area contributed by atoms with Crippen LogP contribution in [0.25, 0.3) is 11.4 Å². The van der Waals surface area contributed by atoms with Crippen molar-refractivity contribution in [2.24, 2.45) is 4.99 Å². The highest BCUT2D eigenvalue weighted by Crippen LogP contribution is 2.32. The van der Waals surface area contributed by atoms with Crippen molar-refractivity contribution in [2.45, 2.75) is 19.4 Å². The molecule has 0 saturated heterocycles. The lowest BCUT2D eigenvalue weighted by atomic mass is 10.2. The molecular formula is C16H17N5O. The number of hydrogen-bond donors (Lipinski definition) is 1. The summed E-state index contributed by atoms with van der Waals surface area (Å²) in [5.41, 5.74) is 1.76. The summed E-state index contributed by atoms with van der Waals surface area (Å²) >= 11 is 0. The van der Waals surface area contributed by atoms with Gasteiger partial charge < -0.3 is 4.98 Å². The summed E-state index contributed by atoms with van der Waals surface area (Å²) in [5.74, 6) is 2.17. The number of aromatic nitrogens is 2. The summed E-state index contributed by atoms with van der Waals surface area (Å²) in [4.78, 5) is 28.5. The van der Waals surface area contributed by atoms with E-state index in [-0.39, 0.29) is 12.1 Å². The van der Waals surface area contributed by atoms with Gasteiger partial charge in [0.15, 0.2) is 5.84 Å². The number of aromatic amines is 1. The van der Waals surface area contributed by atoms with E-state index in [2.05, 4.69) is 16.9 Å². The van der Waals surface area contributed by atoms with E-state index in [4.69, 9.17) is 4.98 Å². The van der Waals surface area contributed by atoms with Gasteiger partial charge in [-0.25, -0.2) is 9.78 Å². The lowest BCUT2D eigenvalue weighted by Gasteiger charge is -2.29. The molecule has 1 N–H and O–H groups in total. The SMILES string of the molecule is CCC1CN2C(=O)N(C)c3[nH]c(-c4ccccc4)nc3C2=N1. The fourth-order valence-electron chi connectivity index (χ4n) is 2.93. The van der Waals surface area contributed by atoms with Gasteiger partial charge in [-0.1, -0.05) is 37.3 Å². The second-order valence-electron chi connectivity index (χ2n) is 5.62. The quantitative estimate of drug-likeness (QED) is 0.925. The number of hydrogen-bond acceptors (Lipinski definition) is 3. The first-order chi connectivity index (χ1) is 10.7. The summed E-state index contributed by atoms with van der Waals surface area (Å²) in [5, 5.41) is 0. The zero-order valence-corrected chi connectivity index (χ0v) is 12.6. The number of imidazole rings is 1. The molecular weight excluding hydrogens is 278 g/mol. The van der Waals surface area contributed by atoms with E-state index in [1.807, 2.05) is 30.3 Å². The van der Waals surface area contributed by atoms with Gasteiger partial charge in [-0.05, 0) is 6.42 Å². The van der Waals surface area contributed by atoms with Crippen LogP contribution in [0.5, 0.6) is 0 Å². The third-order valence-corrected chi connectivity index (χ3v) is 4.22. The Morgan fingerprint density at radius 3 is 2.82 bits per heavy atom. The van der Waals surface area contributed by atoms with Crippen molar-refractivity contribution in [1.82, 2.24) is 14.9 Å². The van der Waals surface area contributed by atoms with E-state index in [1.165, 1.54) is 0 Å². The van der Waals surface area contributed by atoms with Crippen LogP contribution in [0.1, 0.15) is 19.0 Å². The zero-order chi connectivity index (χ0) is 15.3. The molecule has 6 heteroatoms. The number of H-pyrrole nitrogens is 1. The monoisotopic (exact) mass is 295 g/mol. The summed E-state index contributed by atoms with van der Waals surface area (Å²) in [6.07, 6.45) is 0.919. The molecule has 2 amide bonds. The van der Waals surface area contributed by atoms with Crippen LogP contribution in [0.3, 0.4) is 0 Å². The molecule has 0 saturated carbocycles. The molecule has 0 radical (unpaired) electrons. The number of nitrogens with zero attached hydrogens (tertiary/aromatic N) is 4. The van der Waals surface area contributed by atoms with E-state index in [9.17, 15) is 4.79 Å². The number of amides is 2. The molecule has 4 rings (SSSR count). The van der Waals surface area contributed by atoms with Crippen LogP contribution in [0.4, 0.5) is 10.6 Å². The van der Waals surface area contributed by atoms with Crippen molar-refractivity contribution in [2.75, 3.05) is 18.5 Å². The lowest BCUT2D eigenvalue weighted by Crippen LogP contribution is -2.48. The minimum atomic E-state index is -0.0505. The van der Waals surface area contributed by atoms with Crippen molar-refractivity contribution in [3.63, 3.8) is 0 Å². The van der Waals surface area contributed by atoms with Crippen LogP contribution in [0.15, 0.2) is 35.3 Å². The largest absolute Gasteiger partial charge is 0.331 e. The number of nitrogens with one attached hydrogen (secondary N) is 1. The van der Waals surface area contributed by atoms with Crippen LogP contribution in [0.2, 0.25) is 0 Å². The van der Waals surface area contributed by atoms with E-state index < -0.39 is 0 Å². The molecule has 1 unspecified atom stereocenters. The normalized spacial score (nSPS) is 20.0. The van der Waals surface area contributed by atoms with Crippen molar-refractivity contribution < 1.29 is 4.79 Å². The van der Waals surface area contributed by atoms with Gasteiger partial charge in [0.05, 0.1) is 12.6 Å². The lowest BCUT2D eigenvalue weighted by molar-refractivity contribution is 0.228. The average Bonchev–Trinajstić information content (AvgIpc) is 3.17. The minimum absolute atomic E-state index is 0.0505. The van der Waals surface area contributed by atoms with Crippen molar-refractivity contribution in [3.8, 4) is 11.4 Å². The first-order valence-corrected chi connectivity index (χ1v) is 7.48. The van der Waals surface area contributed by atoms with Crippen LogP contribution < -0.4 is 4.90 Å². The summed E-state index contributed by atoms with van der Waals surface area (Å²) in [6, 6.07) is 10.0. The van der Waals surface area contributed by atoms with Crippen LogP contribution in [-0.2, 0) is 0 Å². The molecule has 3 heterocycles. The summed E-state index contributed by atoms with van der Waals surface area (Å²) in [6.45, 7) is 2.73. The van der Waals surface area contributed by atoms with E-state index in [1.54, 1.807) is 16.8 Å². The predicted molar refractivity (Wildman–Crippen MR) is 85.1 cm³/mol. The maximum atomic E-state index is 12.5. The molecule has 0 spiro atoms. The molecule has 2 aliphatic rings. The Hall–Kier alpha value is -2.63. The van der Waals surface area contributed by atoms with Crippen molar-refractivity contribution >= 4 is 17.7 Å². The Morgan fingerprint density at radius 2 is 2.09 bits per heavy atom. The van der Waals surface area contributed by atoms with Gasteiger partial charge in [-0.3, -0.25) is 14.8 Å². The number of fused-ring (bicyclic) bond motifs is 3. The van der Waals surface area contributed by atoms with Crippen molar-refractivity contribution in [1.29, 1.82) is 0 Å². The van der Waals surface area contributed by atoms with Crippen LogP contribution in [0, 0.1) is 0 Å². The fraction of sp³-hybridized carbons (Fsp3) is 0.312. The van der Waals surface area contributed by atoms with Crippen LogP contribution >= 0.6 is 0 Å². The van der Waals surface area contributed by atoms with E-state index >= 15 is 0 Å². The highest BCUT2D eigenvalue weighted by Gasteiger charge is 2.40. The third kappa shape index (κ3) is 1.76. The van der Waals surface area contributed by atoms with Gasteiger partial charge in [0, 0.05) is 12.6 Å². The standard InChI is InChI=1S/C16H17N5O/c1-3-11-9-21-15(17-11)12-14(20(2)16(21)22)19-13(18-12)10-7-5-4-6-8-10/h4-8,11H,3,9H2,1-2H3,(H,18,19). The van der Waals surface area contributed by atoms with Gasteiger partial charge >= 0.3 is 6.03 Å². The molecule has 112 valence electrons. The molecule has 2 aliphatic heterocycles. The zero-order valence-electron chi connectivity index (χ0n) is 12.6. The Bertz CT molecular complexity index is 764. The Kier molecular flexibility index (Phi) is 2.79. The van der Waals surface area contributed by atoms with Crippen LogP contribution in [-0.4, -0.2) is 46.4 Å². The highest BCUT2D eigenvalue weighted by molar-refractivity contribution is 6.18. The molecule has 6 nitrogen and oxygen atoms in total. The first kappa shape index (κ1) is 13.1. The number of urea groups is 1. The van der Waals surface area contributed by atoms with E-state index in [0.29, 0.717) is 12.4 Å². The van der Waals surface area contributed by atoms with Gasteiger partial charge in [-0.2, -0.15) is 0 Å². The highest BCUT2D eigenvalue weighted by atomic mass is 16.2. The molecule has 22 heavy (non-hydrogen) atoms. The van der Waals surface area contributed by atoms with Gasteiger partial charge in [0.1, 0.15) is 17.3 Å². The average molecular weight is 295 g/mol. The topological polar surface area (TPSA) is 64.6 Å². The molecule has 1 aromatic heterocycles. The molecule has 1 atom stereocenters. The second-order valence-corrected chi connectivity index (χ2v) is 5.62. The number of carbonyl (C=O) groups excluding carboxylic acids is 1. The summed E-state index contributed by atoms with van der Waals surface area (Å²) < 4.78 is 0. The maximum Gasteiger partial charge on any atom is 0.331 e. The van der Waals surface area contributed by atoms with Crippen molar-refractivity contribution in [3.05, 3.63) is 36.0 Å². The summed E-state index contributed by atoms with van der Waals surface area (Å²) in [7, 11) is 1.77. The Labute approximate surface area is 128 Å². The Morgan fingerprint density at radius 1 is 1.32 bits per heavy atom. The van der Waals surface area contributed by atoms with Gasteiger partial charge in [0.25, 0.3) is 0 Å². The number of benzene rings is 1. The molecule has 0 bridgehead atoms.